The van der Waals surface area contributed by atoms with Crippen molar-refractivity contribution in [2.75, 3.05) is 25.5 Å². The molecule has 3 N–H and O–H groups in total. The zero-order valence-electron chi connectivity index (χ0n) is 7.49. The van der Waals surface area contributed by atoms with Gasteiger partial charge in [0, 0.05) is 20.1 Å². The molecule has 5 heteroatoms. The van der Waals surface area contributed by atoms with Gasteiger partial charge in [0.2, 0.25) is 0 Å². The van der Waals surface area contributed by atoms with Crippen LogP contribution in [0.1, 0.15) is 0 Å². The summed E-state index contributed by atoms with van der Waals surface area (Å²) < 4.78 is 0. The Labute approximate surface area is 81.3 Å². The first kappa shape index (κ1) is 10.0. The normalized spacial score (nSPS) is 9.69. The maximum absolute atomic E-state index is 11.4. The molecule has 0 saturated heterocycles. The Morgan fingerprint density at radius 2 is 2.54 bits per heavy atom. The molecule has 0 aliphatic heterocycles. The van der Waals surface area contributed by atoms with Gasteiger partial charge in [-0.3, -0.25) is 5.32 Å². The second kappa shape index (κ2) is 4.84. The summed E-state index contributed by atoms with van der Waals surface area (Å²) >= 11 is 1.50. The Balaban J connectivity index is 2.41. The lowest BCUT2D eigenvalue weighted by Gasteiger charge is -2.15. The molecule has 0 fully saturated rings. The minimum absolute atomic E-state index is 0.118. The highest BCUT2D eigenvalue weighted by molar-refractivity contribution is 7.14. The maximum Gasteiger partial charge on any atom is 0.322 e. The van der Waals surface area contributed by atoms with Gasteiger partial charge in [0.25, 0.3) is 0 Å². The van der Waals surface area contributed by atoms with Crippen molar-refractivity contribution in [3.05, 3.63) is 17.5 Å². The molecule has 0 unspecified atom stereocenters. The van der Waals surface area contributed by atoms with E-state index in [-0.39, 0.29) is 6.03 Å². The van der Waals surface area contributed by atoms with E-state index in [1.807, 2.05) is 17.5 Å². The van der Waals surface area contributed by atoms with Gasteiger partial charge >= 0.3 is 6.03 Å². The average molecular weight is 199 g/mol. The second-order valence-corrected chi connectivity index (χ2v) is 3.57. The van der Waals surface area contributed by atoms with Crippen LogP contribution in [0.25, 0.3) is 0 Å². The molecule has 0 radical (unpaired) electrons. The summed E-state index contributed by atoms with van der Waals surface area (Å²) in [4.78, 5) is 12.9. The van der Waals surface area contributed by atoms with Crippen molar-refractivity contribution in [3.63, 3.8) is 0 Å². The first-order chi connectivity index (χ1) is 6.24. The molecule has 1 aromatic heterocycles. The van der Waals surface area contributed by atoms with Gasteiger partial charge in [-0.25, -0.2) is 4.79 Å². The van der Waals surface area contributed by atoms with Crippen molar-refractivity contribution in [1.29, 1.82) is 0 Å². The standard InChI is InChI=1S/C8H13N3OS/c1-11(5-4-9)8(12)10-7-3-2-6-13-7/h2-3,6H,4-5,9H2,1H3,(H,10,12). The lowest BCUT2D eigenvalue weighted by molar-refractivity contribution is 0.223. The fraction of sp³-hybridized carbons (Fsp3) is 0.375. The van der Waals surface area contributed by atoms with E-state index < -0.39 is 0 Å². The van der Waals surface area contributed by atoms with Crippen LogP contribution in [0.5, 0.6) is 0 Å². The van der Waals surface area contributed by atoms with Gasteiger partial charge in [-0.1, -0.05) is 0 Å². The minimum atomic E-state index is -0.118. The smallest absolute Gasteiger partial charge is 0.322 e. The third-order valence-electron chi connectivity index (χ3n) is 1.56. The first-order valence-corrected chi connectivity index (χ1v) is 4.87. The van der Waals surface area contributed by atoms with Crippen molar-refractivity contribution in [2.24, 2.45) is 5.73 Å². The number of nitrogens with zero attached hydrogens (tertiary/aromatic N) is 1. The summed E-state index contributed by atoms with van der Waals surface area (Å²) in [5.41, 5.74) is 5.32. The van der Waals surface area contributed by atoms with Crippen molar-refractivity contribution < 1.29 is 4.79 Å². The van der Waals surface area contributed by atoms with Gasteiger partial charge in [-0.15, -0.1) is 11.3 Å². The highest BCUT2D eigenvalue weighted by atomic mass is 32.1. The number of amides is 2. The molecule has 0 bridgehead atoms. The number of hydrogen-bond donors (Lipinski definition) is 2. The number of carbonyl (C=O) groups excluding carboxylic acids is 1. The summed E-state index contributed by atoms with van der Waals surface area (Å²) in [6.45, 7) is 1.05. The number of hydrogen-bond acceptors (Lipinski definition) is 3. The van der Waals surface area contributed by atoms with E-state index in [1.54, 1.807) is 11.9 Å². The van der Waals surface area contributed by atoms with Gasteiger partial charge in [-0.05, 0) is 17.5 Å². The van der Waals surface area contributed by atoms with Crippen LogP contribution in [0.15, 0.2) is 17.5 Å². The number of anilines is 1. The topological polar surface area (TPSA) is 58.4 Å². The fourth-order valence-corrected chi connectivity index (χ4v) is 1.45. The number of nitrogens with one attached hydrogen (secondary N) is 1. The molecule has 4 nitrogen and oxygen atoms in total. The van der Waals surface area contributed by atoms with Crippen LogP contribution in [0, 0.1) is 0 Å². The molecular formula is C8H13N3OS. The third-order valence-corrected chi connectivity index (χ3v) is 2.35. The van der Waals surface area contributed by atoms with E-state index in [9.17, 15) is 4.79 Å². The predicted molar refractivity (Wildman–Crippen MR) is 55.0 cm³/mol. The van der Waals surface area contributed by atoms with Crippen LogP contribution in [0.2, 0.25) is 0 Å². The Morgan fingerprint density at radius 1 is 1.77 bits per heavy atom. The molecule has 72 valence electrons. The van der Waals surface area contributed by atoms with Crippen LogP contribution in [-0.4, -0.2) is 31.1 Å². The van der Waals surface area contributed by atoms with Gasteiger partial charge in [0.15, 0.2) is 0 Å². The lowest BCUT2D eigenvalue weighted by atomic mass is 10.5. The molecule has 0 spiro atoms. The quantitative estimate of drug-likeness (QED) is 0.767. The number of rotatable bonds is 3. The first-order valence-electron chi connectivity index (χ1n) is 3.99. The highest BCUT2D eigenvalue weighted by Crippen LogP contribution is 2.14. The van der Waals surface area contributed by atoms with Crippen molar-refractivity contribution in [3.8, 4) is 0 Å². The molecule has 13 heavy (non-hydrogen) atoms. The molecule has 0 aliphatic rings. The number of nitrogens with two attached hydrogens (primary N) is 1. The van der Waals surface area contributed by atoms with Crippen LogP contribution in [0.4, 0.5) is 9.80 Å². The molecule has 0 atom stereocenters. The Bertz CT molecular complexity index is 260. The average Bonchev–Trinajstić information content (AvgIpc) is 2.57. The lowest BCUT2D eigenvalue weighted by Crippen LogP contribution is -2.34. The zero-order chi connectivity index (χ0) is 9.68. The number of thiophene rings is 1. The summed E-state index contributed by atoms with van der Waals surface area (Å²) in [7, 11) is 1.72. The van der Waals surface area contributed by atoms with E-state index in [4.69, 9.17) is 5.73 Å². The van der Waals surface area contributed by atoms with Crippen molar-refractivity contribution in [2.45, 2.75) is 0 Å². The molecule has 1 heterocycles. The molecule has 2 amide bonds. The van der Waals surface area contributed by atoms with Crippen LogP contribution >= 0.6 is 11.3 Å². The maximum atomic E-state index is 11.4. The van der Waals surface area contributed by atoms with Gasteiger partial charge in [-0.2, -0.15) is 0 Å². The SMILES string of the molecule is CN(CCN)C(=O)Nc1cccs1. The summed E-state index contributed by atoms with van der Waals surface area (Å²) in [5, 5.41) is 5.53. The van der Waals surface area contributed by atoms with Crippen LogP contribution in [-0.2, 0) is 0 Å². The highest BCUT2D eigenvalue weighted by Gasteiger charge is 2.07. The Morgan fingerprint density at radius 3 is 3.08 bits per heavy atom. The second-order valence-electron chi connectivity index (χ2n) is 2.62. The van der Waals surface area contributed by atoms with E-state index in [2.05, 4.69) is 5.32 Å². The minimum Gasteiger partial charge on any atom is -0.329 e. The number of urea groups is 1. The summed E-state index contributed by atoms with van der Waals surface area (Å²) in [5.74, 6) is 0. The van der Waals surface area contributed by atoms with Gasteiger partial charge in [0.05, 0.1) is 5.00 Å². The fourth-order valence-electron chi connectivity index (χ4n) is 0.846. The van der Waals surface area contributed by atoms with E-state index in [1.165, 1.54) is 11.3 Å². The molecule has 1 rings (SSSR count). The van der Waals surface area contributed by atoms with E-state index in [0.717, 1.165) is 5.00 Å². The molecule has 0 saturated carbocycles. The zero-order valence-corrected chi connectivity index (χ0v) is 8.30. The Kier molecular flexibility index (Phi) is 3.72. The van der Waals surface area contributed by atoms with Gasteiger partial charge in [0.1, 0.15) is 0 Å². The van der Waals surface area contributed by atoms with Crippen molar-refractivity contribution in [1.82, 2.24) is 4.90 Å². The molecule has 1 aromatic rings. The molecular weight excluding hydrogens is 186 g/mol. The van der Waals surface area contributed by atoms with Crippen LogP contribution < -0.4 is 11.1 Å². The Hall–Kier alpha value is -1.07. The monoisotopic (exact) mass is 199 g/mol. The number of carbonyl (C=O) groups is 1. The van der Waals surface area contributed by atoms with Crippen molar-refractivity contribution >= 4 is 22.4 Å². The summed E-state index contributed by atoms with van der Waals surface area (Å²) in [6, 6.07) is 3.63. The van der Waals surface area contributed by atoms with E-state index in [0.29, 0.717) is 13.1 Å². The molecule has 0 aromatic carbocycles. The molecule has 0 aliphatic carbocycles. The predicted octanol–water partition coefficient (Wildman–Crippen LogP) is 1.17. The van der Waals surface area contributed by atoms with Gasteiger partial charge < -0.3 is 10.6 Å². The number of likely N-dealkylation sites (N-methyl/N-ethyl adjacent to an activating group) is 1. The largest absolute Gasteiger partial charge is 0.329 e. The van der Waals surface area contributed by atoms with E-state index >= 15 is 0 Å². The van der Waals surface area contributed by atoms with Crippen LogP contribution in [0.3, 0.4) is 0 Å². The summed E-state index contributed by atoms with van der Waals surface area (Å²) in [6.07, 6.45) is 0. The third kappa shape index (κ3) is 3.04.